The highest BCUT2D eigenvalue weighted by molar-refractivity contribution is 5.95. The highest BCUT2D eigenvalue weighted by atomic mass is 16.5. The Morgan fingerprint density at radius 1 is 1.43 bits per heavy atom. The van der Waals surface area contributed by atoms with Gasteiger partial charge in [-0.05, 0) is 44.5 Å². The highest BCUT2D eigenvalue weighted by Gasteiger charge is 2.30. The molecule has 5 heteroatoms. The number of nitrogen functional groups attached to an aromatic ring is 1. The minimum Gasteiger partial charge on any atom is -0.496 e. The molecule has 5 nitrogen and oxygen atoms in total. The number of likely N-dealkylation sites (tertiary alicyclic amines) is 1. The second-order valence-corrected chi connectivity index (χ2v) is 5.91. The fraction of sp³-hybridized carbons (Fsp3) is 0.562. The molecule has 3 N–H and O–H groups in total. The van der Waals surface area contributed by atoms with Crippen molar-refractivity contribution in [1.29, 1.82) is 5.41 Å². The van der Waals surface area contributed by atoms with E-state index in [1.807, 2.05) is 18.2 Å². The summed E-state index contributed by atoms with van der Waals surface area (Å²) in [6, 6.07) is 5.64. The lowest BCUT2D eigenvalue weighted by Gasteiger charge is -2.39. The Bertz CT molecular complexity index is 518. The number of benzene rings is 1. The van der Waals surface area contributed by atoms with Crippen LogP contribution in [0.2, 0.25) is 0 Å². The first-order valence-corrected chi connectivity index (χ1v) is 7.26. The Kier molecular flexibility index (Phi) is 4.85. The molecule has 2 rings (SSSR count). The van der Waals surface area contributed by atoms with Crippen LogP contribution in [0.25, 0.3) is 0 Å². The topological polar surface area (TPSA) is 71.6 Å². The Labute approximate surface area is 126 Å². The Morgan fingerprint density at radius 2 is 2.19 bits per heavy atom. The van der Waals surface area contributed by atoms with E-state index in [1.165, 1.54) is 0 Å². The largest absolute Gasteiger partial charge is 0.496 e. The first-order valence-electron chi connectivity index (χ1n) is 7.26. The molecule has 0 aliphatic carbocycles. The van der Waals surface area contributed by atoms with Crippen molar-refractivity contribution in [1.82, 2.24) is 4.90 Å². The van der Waals surface area contributed by atoms with E-state index in [2.05, 4.69) is 11.8 Å². The predicted molar refractivity (Wildman–Crippen MR) is 83.9 cm³/mol. The molecule has 21 heavy (non-hydrogen) atoms. The summed E-state index contributed by atoms with van der Waals surface area (Å²) in [5, 5.41) is 7.58. The van der Waals surface area contributed by atoms with Crippen molar-refractivity contribution in [2.24, 2.45) is 5.73 Å². The van der Waals surface area contributed by atoms with Gasteiger partial charge in [-0.1, -0.05) is 0 Å². The monoisotopic (exact) mass is 291 g/mol. The van der Waals surface area contributed by atoms with Gasteiger partial charge < -0.3 is 15.2 Å². The van der Waals surface area contributed by atoms with Crippen molar-refractivity contribution in [2.45, 2.75) is 31.9 Å². The third-order valence-corrected chi connectivity index (χ3v) is 4.22. The minimum absolute atomic E-state index is 0.0797. The molecular formula is C16H25N3O2. The van der Waals surface area contributed by atoms with Gasteiger partial charge in [-0.3, -0.25) is 10.3 Å². The molecule has 1 unspecified atom stereocenters. The predicted octanol–water partition coefficient (Wildman–Crippen LogP) is 1.98. The number of hydrogen-bond acceptors (Lipinski definition) is 4. The van der Waals surface area contributed by atoms with E-state index in [0.29, 0.717) is 0 Å². The van der Waals surface area contributed by atoms with Gasteiger partial charge in [0.15, 0.2) is 0 Å². The lowest BCUT2D eigenvalue weighted by molar-refractivity contribution is -0.0528. The number of piperidine rings is 1. The van der Waals surface area contributed by atoms with Crippen LogP contribution < -0.4 is 10.5 Å². The number of hydrogen-bond donors (Lipinski definition) is 2. The van der Waals surface area contributed by atoms with Crippen LogP contribution >= 0.6 is 0 Å². The maximum atomic E-state index is 7.58. The maximum Gasteiger partial charge on any atom is 0.123 e. The molecule has 0 radical (unpaired) electrons. The van der Waals surface area contributed by atoms with Crippen LogP contribution in [0.4, 0.5) is 0 Å². The van der Waals surface area contributed by atoms with Crippen molar-refractivity contribution >= 4 is 5.84 Å². The summed E-state index contributed by atoms with van der Waals surface area (Å²) in [6.45, 7) is 4.88. The van der Waals surface area contributed by atoms with Gasteiger partial charge in [0.25, 0.3) is 0 Å². The van der Waals surface area contributed by atoms with Crippen molar-refractivity contribution in [2.75, 3.05) is 27.3 Å². The summed E-state index contributed by atoms with van der Waals surface area (Å²) in [6.07, 6.45) is 2.21. The standard InChI is InChI=1S/C16H25N3O2/c1-16(21-3)7-4-8-19(11-16)10-13-9-12(15(17)18)5-6-14(13)20-2/h5-6,9H,4,7-8,10-11H2,1-3H3,(H3,17,18). The second-order valence-electron chi connectivity index (χ2n) is 5.91. The molecule has 1 heterocycles. The van der Waals surface area contributed by atoms with E-state index in [9.17, 15) is 0 Å². The van der Waals surface area contributed by atoms with E-state index in [1.54, 1.807) is 14.2 Å². The SMILES string of the molecule is COc1ccc(C(=N)N)cc1CN1CCCC(C)(OC)C1. The van der Waals surface area contributed by atoms with Crippen molar-refractivity contribution in [3.05, 3.63) is 29.3 Å². The normalized spacial score (nSPS) is 23.0. The average Bonchev–Trinajstić information content (AvgIpc) is 2.47. The zero-order valence-electron chi connectivity index (χ0n) is 13.1. The van der Waals surface area contributed by atoms with Crippen LogP contribution in [0.15, 0.2) is 18.2 Å². The van der Waals surface area contributed by atoms with Crippen LogP contribution in [-0.4, -0.2) is 43.6 Å². The van der Waals surface area contributed by atoms with E-state index in [4.69, 9.17) is 20.6 Å². The smallest absolute Gasteiger partial charge is 0.123 e. The minimum atomic E-state index is -0.0797. The molecular weight excluding hydrogens is 266 g/mol. The summed E-state index contributed by atoms with van der Waals surface area (Å²) in [4.78, 5) is 2.37. The van der Waals surface area contributed by atoms with E-state index < -0.39 is 0 Å². The first-order chi connectivity index (χ1) is 9.97. The zero-order chi connectivity index (χ0) is 15.5. The molecule has 0 aromatic heterocycles. The van der Waals surface area contributed by atoms with Crippen LogP contribution in [0.3, 0.4) is 0 Å². The van der Waals surface area contributed by atoms with Gasteiger partial charge in [-0.15, -0.1) is 0 Å². The maximum absolute atomic E-state index is 7.58. The van der Waals surface area contributed by atoms with E-state index in [0.717, 1.165) is 49.4 Å². The molecule has 1 aliphatic rings. The zero-order valence-corrected chi connectivity index (χ0v) is 13.1. The van der Waals surface area contributed by atoms with Gasteiger partial charge in [0.1, 0.15) is 11.6 Å². The highest BCUT2D eigenvalue weighted by Crippen LogP contribution is 2.27. The van der Waals surface area contributed by atoms with E-state index in [-0.39, 0.29) is 11.4 Å². The number of ether oxygens (including phenoxy) is 2. The Hall–Kier alpha value is -1.59. The van der Waals surface area contributed by atoms with Crippen LogP contribution in [0, 0.1) is 5.41 Å². The molecule has 1 aliphatic heterocycles. The van der Waals surface area contributed by atoms with Crippen molar-refractivity contribution in [3.8, 4) is 5.75 Å². The molecule has 1 fully saturated rings. The summed E-state index contributed by atoms with van der Waals surface area (Å²) in [5.41, 5.74) is 7.30. The first kappa shape index (κ1) is 15.8. The molecule has 1 aromatic carbocycles. The molecule has 0 spiro atoms. The average molecular weight is 291 g/mol. The lowest BCUT2D eigenvalue weighted by atomic mass is 9.94. The summed E-state index contributed by atoms with van der Waals surface area (Å²) in [5.74, 6) is 0.920. The summed E-state index contributed by atoms with van der Waals surface area (Å²) >= 11 is 0. The summed E-state index contributed by atoms with van der Waals surface area (Å²) in [7, 11) is 3.45. The van der Waals surface area contributed by atoms with Gasteiger partial charge in [0, 0.05) is 31.3 Å². The summed E-state index contributed by atoms with van der Waals surface area (Å²) < 4.78 is 11.1. The second kappa shape index (κ2) is 6.45. The number of nitrogens with two attached hydrogens (primary N) is 1. The lowest BCUT2D eigenvalue weighted by Crippen LogP contribution is -2.46. The van der Waals surface area contributed by atoms with Crippen molar-refractivity contribution in [3.63, 3.8) is 0 Å². The van der Waals surface area contributed by atoms with Gasteiger partial charge >= 0.3 is 0 Å². The Balaban J connectivity index is 2.18. The van der Waals surface area contributed by atoms with Crippen LogP contribution in [0.1, 0.15) is 30.9 Å². The third-order valence-electron chi connectivity index (χ3n) is 4.22. The van der Waals surface area contributed by atoms with E-state index >= 15 is 0 Å². The molecule has 1 aromatic rings. The van der Waals surface area contributed by atoms with Gasteiger partial charge in [0.05, 0.1) is 12.7 Å². The molecule has 116 valence electrons. The van der Waals surface area contributed by atoms with Gasteiger partial charge in [-0.2, -0.15) is 0 Å². The molecule has 1 saturated heterocycles. The number of rotatable bonds is 5. The molecule has 0 bridgehead atoms. The van der Waals surface area contributed by atoms with Crippen LogP contribution in [-0.2, 0) is 11.3 Å². The van der Waals surface area contributed by atoms with Crippen LogP contribution in [0.5, 0.6) is 5.75 Å². The fourth-order valence-corrected chi connectivity index (χ4v) is 2.92. The number of nitrogens with zero attached hydrogens (tertiary/aromatic N) is 1. The number of amidine groups is 1. The molecule has 0 amide bonds. The van der Waals surface area contributed by atoms with Gasteiger partial charge in [-0.25, -0.2) is 0 Å². The Morgan fingerprint density at radius 3 is 2.81 bits per heavy atom. The fourth-order valence-electron chi connectivity index (χ4n) is 2.92. The number of methoxy groups -OCH3 is 2. The third kappa shape index (κ3) is 3.74. The molecule has 0 saturated carbocycles. The molecule has 1 atom stereocenters. The van der Waals surface area contributed by atoms with Gasteiger partial charge in [0.2, 0.25) is 0 Å². The quantitative estimate of drug-likeness (QED) is 0.643. The number of nitrogens with one attached hydrogen (secondary N) is 1. The van der Waals surface area contributed by atoms with Crippen molar-refractivity contribution < 1.29 is 9.47 Å².